The second-order valence-electron chi connectivity index (χ2n) is 5.76. The van der Waals surface area contributed by atoms with Crippen molar-refractivity contribution in [3.8, 4) is 0 Å². The molecule has 0 bridgehead atoms. The lowest BCUT2D eigenvalue weighted by Crippen LogP contribution is -2.37. The lowest BCUT2D eigenvalue weighted by atomic mass is 9.79. The Hall–Kier alpha value is -0.530. The topological polar surface area (TPSA) is 29.1 Å². The zero-order valence-electron chi connectivity index (χ0n) is 13.0. The molecule has 0 aromatic carbocycles. The van der Waals surface area contributed by atoms with Gasteiger partial charge in [0.2, 0.25) is 5.91 Å². The van der Waals surface area contributed by atoms with E-state index in [1.807, 2.05) is 0 Å². The molecular weight excluding hydrogens is 222 g/mol. The van der Waals surface area contributed by atoms with E-state index in [1.165, 1.54) is 51.4 Å². The Kier molecular flexibility index (Phi) is 10.1. The SMILES string of the molecule is CCCCCCC(C)(CCCCCC)C(=O)NC. The van der Waals surface area contributed by atoms with E-state index in [2.05, 4.69) is 26.1 Å². The van der Waals surface area contributed by atoms with Gasteiger partial charge in [-0.1, -0.05) is 72.1 Å². The van der Waals surface area contributed by atoms with Crippen molar-refractivity contribution in [2.24, 2.45) is 5.41 Å². The zero-order valence-corrected chi connectivity index (χ0v) is 13.0. The summed E-state index contributed by atoms with van der Waals surface area (Å²) < 4.78 is 0. The average Bonchev–Trinajstić information content (AvgIpc) is 2.39. The standard InChI is InChI=1S/C16H33NO/c1-5-7-9-11-13-16(3,15(18)17-4)14-12-10-8-6-2/h5-14H2,1-4H3,(H,17,18). The molecule has 0 saturated heterocycles. The molecule has 0 aliphatic rings. The van der Waals surface area contributed by atoms with Crippen molar-refractivity contribution in [2.45, 2.75) is 85.0 Å². The number of unbranched alkanes of at least 4 members (excludes halogenated alkanes) is 6. The van der Waals surface area contributed by atoms with Crippen molar-refractivity contribution in [3.63, 3.8) is 0 Å². The molecule has 0 saturated carbocycles. The maximum absolute atomic E-state index is 12.1. The van der Waals surface area contributed by atoms with Gasteiger partial charge in [-0.25, -0.2) is 0 Å². The molecule has 1 N–H and O–H groups in total. The number of rotatable bonds is 11. The van der Waals surface area contributed by atoms with Crippen molar-refractivity contribution in [3.05, 3.63) is 0 Å². The molecule has 0 unspecified atom stereocenters. The molecule has 0 aliphatic carbocycles. The van der Waals surface area contributed by atoms with Gasteiger partial charge in [0.05, 0.1) is 0 Å². The highest BCUT2D eigenvalue weighted by atomic mass is 16.2. The minimum atomic E-state index is -0.143. The van der Waals surface area contributed by atoms with Crippen molar-refractivity contribution >= 4 is 5.91 Å². The normalized spacial score (nSPS) is 11.6. The largest absolute Gasteiger partial charge is 0.359 e. The molecule has 1 amide bonds. The predicted molar refractivity (Wildman–Crippen MR) is 79.7 cm³/mol. The van der Waals surface area contributed by atoms with E-state index in [4.69, 9.17) is 0 Å². The van der Waals surface area contributed by atoms with Crippen molar-refractivity contribution < 1.29 is 4.79 Å². The van der Waals surface area contributed by atoms with E-state index in [-0.39, 0.29) is 11.3 Å². The van der Waals surface area contributed by atoms with Gasteiger partial charge < -0.3 is 5.32 Å². The summed E-state index contributed by atoms with van der Waals surface area (Å²) in [5.74, 6) is 0.232. The lowest BCUT2D eigenvalue weighted by molar-refractivity contribution is -0.130. The summed E-state index contributed by atoms with van der Waals surface area (Å²) in [6, 6.07) is 0. The number of hydrogen-bond donors (Lipinski definition) is 1. The molecule has 0 aromatic rings. The van der Waals surface area contributed by atoms with Crippen LogP contribution < -0.4 is 5.32 Å². The van der Waals surface area contributed by atoms with E-state index >= 15 is 0 Å². The molecule has 0 radical (unpaired) electrons. The van der Waals surface area contributed by atoms with Gasteiger partial charge >= 0.3 is 0 Å². The van der Waals surface area contributed by atoms with E-state index in [0.29, 0.717) is 0 Å². The third-order valence-electron chi connectivity index (χ3n) is 3.94. The Morgan fingerprint density at radius 1 is 0.889 bits per heavy atom. The van der Waals surface area contributed by atoms with E-state index in [9.17, 15) is 4.79 Å². The first-order valence-corrected chi connectivity index (χ1v) is 7.83. The van der Waals surface area contributed by atoms with Crippen molar-refractivity contribution in [1.29, 1.82) is 0 Å². The second kappa shape index (κ2) is 10.4. The highest BCUT2D eigenvalue weighted by Crippen LogP contribution is 2.31. The first-order valence-electron chi connectivity index (χ1n) is 7.83. The maximum atomic E-state index is 12.1. The fourth-order valence-corrected chi connectivity index (χ4v) is 2.54. The van der Waals surface area contributed by atoms with Crippen LogP contribution in [0.25, 0.3) is 0 Å². The summed E-state index contributed by atoms with van der Waals surface area (Å²) in [5, 5.41) is 2.85. The van der Waals surface area contributed by atoms with Gasteiger partial charge in [0.1, 0.15) is 0 Å². The lowest BCUT2D eigenvalue weighted by Gasteiger charge is -2.27. The number of hydrogen-bond acceptors (Lipinski definition) is 1. The quantitative estimate of drug-likeness (QED) is 0.534. The smallest absolute Gasteiger partial charge is 0.225 e. The third kappa shape index (κ3) is 7.03. The van der Waals surface area contributed by atoms with Gasteiger partial charge in [-0.05, 0) is 12.8 Å². The van der Waals surface area contributed by atoms with Crippen LogP contribution >= 0.6 is 0 Å². The van der Waals surface area contributed by atoms with Crippen LogP contribution in [0.3, 0.4) is 0 Å². The van der Waals surface area contributed by atoms with Gasteiger partial charge in [0, 0.05) is 12.5 Å². The number of carbonyl (C=O) groups is 1. The molecule has 0 heterocycles. The van der Waals surface area contributed by atoms with Gasteiger partial charge in [-0.3, -0.25) is 4.79 Å². The highest BCUT2D eigenvalue weighted by molar-refractivity contribution is 5.81. The maximum Gasteiger partial charge on any atom is 0.225 e. The van der Waals surface area contributed by atoms with Crippen LogP contribution in [0.5, 0.6) is 0 Å². The summed E-state index contributed by atoms with van der Waals surface area (Å²) in [7, 11) is 1.76. The average molecular weight is 255 g/mol. The van der Waals surface area contributed by atoms with Gasteiger partial charge in [0.15, 0.2) is 0 Å². The molecular formula is C16H33NO. The minimum absolute atomic E-state index is 0.143. The molecule has 0 aliphatic heterocycles. The first kappa shape index (κ1) is 17.5. The Bertz CT molecular complexity index is 201. The summed E-state index contributed by atoms with van der Waals surface area (Å²) in [6.45, 7) is 6.59. The Labute approximate surface area is 114 Å². The van der Waals surface area contributed by atoms with Crippen LogP contribution in [0.4, 0.5) is 0 Å². The van der Waals surface area contributed by atoms with Crippen LogP contribution in [0.15, 0.2) is 0 Å². The number of carbonyl (C=O) groups excluding carboxylic acids is 1. The highest BCUT2D eigenvalue weighted by Gasteiger charge is 2.30. The van der Waals surface area contributed by atoms with E-state index < -0.39 is 0 Å². The summed E-state index contributed by atoms with van der Waals surface area (Å²) in [6.07, 6.45) is 12.1. The monoisotopic (exact) mass is 255 g/mol. The van der Waals surface area contributed by atoms with Gasteiger partial charge in [-0.15, -0.1) is 0 Å². The number of nitrogens with one attached hydrogen (secondary N) is 1. The van der Waals surface area contributed by atoms with Crippen LogP contribution in [-0.4, -0.2) is 13.0 Å². The molecule has 0 aromatic heterocycles. The summed E-state index contributed by atoms with van der Waals surface area (Å²) in [5.41, 5.74) is -0.143. The van der Waals surface area contributed by atoms with E-state index in [1.54, 1.807) is 7.05 Å². The van der Waals surface area contributed by atoms with Gasteiger partial charge in [-0.2, -0.15) is 0 Å². The minimum Gasteiger partial charge on any atom is -0.359 e. The zero-order chi connectivity index (χ0) is 13.9. The van der Waals surface area contributed by atoms with Crippen LogP contribution in [0.2, 0.25) is 0 Å². The molecule has 18 heavy (non-hydrogen) atoms. The van der Waals surface area contributed by atoms with Crippen molar-refractivity contribution in [1.82, 2.24) is 5.32 Å². The van der Waals surface area contributed by atoms with Crippen LogP contribution in [-0.2, 0) is 4.79 Å². The summed E-state index contributed by atoms with van der Waals surface area (Å²) in [4.78, 5) is 12.1. The fraction of sp³-hybridized carbons (Fsp3) is 0.938. The molecule has 0 rings (SSSR count). The molecule has 0 fully saturated rings. The molecule has 0 spiro atoms. The van der Waals surface area contributed by atoms with Crippen molar-refractivity contribution in [2.75, 3.05) is 7.05 Å². The summed E-state index contributed by atoms with van der Waals surface area (Å²) >= 11 is 0. The van der Waals surface area contributed by atoms with Crippen LogP contribution in [0, 0.1) is 5.41 Å². The molecule has 108 valence electrons. The van der Waals surface area contributed by atoms with Crippen LogP contribution in [0.1, 0.15) is 85.0 Å². The molecule has 0 atom stereocenters. The molecule has 2 heteroatoms. The first-order chi connectivity index (χ1) is 8.60. The Balaban J connectivity index is 4.12. The Morgan fingerprint density at radius 2 is 1.33 bits per heavy atom. The van der Waals surface area contributed by atoms with Gasteiger partial charge in [0.25, 0.3) is 0 Å². The predicted octanol–water partition coefficient (Wildman–Crippen LogP) is 4.68. The van der Waals surface area contributed by atoms with E-state index in [0.717, 1.165) is 12.8 Å². The fourth-order valence-electron chi connectivity index (χ4n) is 2.54. The second-order valence-corrected chi connectivity index (χ2v) is 5.76. The third-order valence-corrected chi connectivity index (χ3v) is 3.94. The molecule has 2 nitrogen and oxygen atoms in total. The Morgan fingerprint density at radius 3 is 1.67 bits per heavy atom. The number of amides is 1.